The van der Waals surface area contributed by atoms with Gasteiger partial charge in [-0.05, 0) is 32.9 Å². The monoisotopic (exact) mass is 362 g/mol. The molecule has 1 saturated heterocycles. The number of hydrogen-bond donors (Lipinski definition) is 0. The summed E-state index contributed by atoms with van der Waals surface area (Å²) in [6, 6.07) is 2.91. The van der Waals surface area contributed by atoms with Gasteiger partial charge in [-0.2, -0.15) is 0 Å². The highest BCUT2D eigenvalue weighted by atomic mass is 19.1. The van der Waals surface area contributed by atoms with Gasteiger partial charge < -0.3 is 18.9 Å². The van der Waals surface area contributed by atoms with Crippen LogP contribution in [0.4, 0.5) is 9.18 Å². The molecule has 0 bridgehead atoms. The van der Waals surface area contributed by atoms with Crippen molar-refractivity contribution in [2.45, 2.75) is 32.8 Å². The average molecular weight is 362 g/mol. The Morgan fingerprint density at radius 1 is 1.12 bits per heavy atom. The molecule has 1 aliphatic rings. The molecule has 0 aliphatic carbocycles. The number of ether oxygens (including phenoxy) is 1. The maximum atomic E-state index is 13.2. The summed E-state index contributed by atoms with van der Waals surface area (Å²) >= 11 is 0. The van der Waals surface area contributed by atoms with Gasteiger partial charge in [0.15, 0.2) is 0 Å². The predicted molar refractivity (Wildman–Crippen MR) is 93.2 cm³/mol. The van der Waals surface area contributed by atoms with Gasteiger partial charge in [0.25, 0.3) is 0 Å². The zero-order valence-corrected chi connectivity index (χ0v) is 15.2. The Labute approximate surface area is 151 Å². The van der Waals surface area contributed by atoms with Crippen LogP contribution in [-0.4, -0.2) is 63.0 Å². The Morgan fingerprint density at radius 3 is 2.42 bits per heavy atom. The number of piperazine rings is 1. The summed E-state index contributed by atoms with van der Waals surface area (Å²) in [5.74, 6) is -0.413. The van der Waals surface area contributed by atoms with Crippen molar-refractivity contribution in [3.8, 4) is 0 Å². The van der Waals surface area contributed by atoms with E-state index in [1.54, 1.807) is 26.5 Å². The van der Waals surface area contributed by atoms with E-state index in [-0.39, 0.29) is 24.2 Å². The number of imidazole rings is 1. The van der Waals surface area contributed by atoms with Crippen molar-refractivity contribution < 1.29 is 18.7 Å². The lowest BCUT2D eigenvalue weighted by Crippen LogP contribution is -2.52. The van der Waals surface area contributed by atoms with Crippen molar-refractivity contribution >= 4 is 17.6 Å². The minimum atomic E-state index is -0.535. The molecule has 7 nitrogen and oxygen atoms in total. The molecule has 2 amide bonds. The lowest BCUT2D eigenvalue weighted by molar-refractivity contribution is -0.132. The summed E-state index contributed by atoms with van der Waals surface area (Å²) in [5.41, 5.74) is 0.659. The highest BCUT2D eigenvalue weighted by Crippen LogP contribution is 2.13. The molecule has 1 fully saturated rings. The minimum Gasteiger partial charge on any atom is -0.444 e. The number of amides is 2. The van der Waals surface area contributed by atoms with Gasteiger partial charge in [0, 0.05) is 38.6 Å². The summed E-state index contributed by atoms with van der Waals surface area (Å²) in [7, 11) is 0. The Balaban J connectivity index is 1.55. The van der Waals surface area contributed by atoms with E-state index < -0.39 is 5.60 Å². The molecule has 0 saturated carbocycles. The number of carbonyl (C=O) groups is 2. The molecule has 0 aromatic carbocycles. The van der Waals surface area contributed by atoms with Crippen LogP contribution >= 0.6 is 0 Å². The third-order valence-electron chi connectivity index (χ3n) is 4.08. The quantitative estimate of drug-likeness (QED) is 0.821. The summed E-state index contributed by atoms with van der Waals surface area (Å²) in [6.07, 6.45) is 2.78. The summed E-state index contributed by atoms with van der Waals surface area (Å²) in [6.45, 7) is 7.27. The molecule has 3 heterocycles. The van der Waals surface area contributed by atoms with Gasteiger partial charge in [-0.15, -0.1) is 0 Å². The van der Waals surface area contributed by atoms with E-state index in [0.29, 0.717) is 37.5 Å². The molecule has 8 heteroatoms. The van der Waals surface area contributed by atoms with Crippen molar-refractivity contribution in [2.24, 2.45) is 0 Å². The first-order chi connectivity index (χ1) is 12.2. The van der Waals surface area contributed by atoms with Crippen molar-refractivity contribution in [2.75, 3.05) is 26.2 Å². The largest absolute Gasteiger partial charge is 0.444 e. The van der Waals surface area contributed by atoms with Gasteiger partial charge in [0.05, 0.1) is 12.1 Å². The third-order valence-corrected chi connectivity index (χ3v) is 4.08. The fraction of sp³-hybridized carbons (Fsp3) is 0.500. The van der Waals surface area contributed by atoms with Crippen LogP contribution in [0.3, 0.4) is 0 Å². The molecule has 26 heavy (non-hydrogen) atoms. The molecule has 3 rings (SSSR count). The Kier molecular flexibility index (Phi) is 4.84. The lowest BCUT2D eigenvalue weighted by atomic mass is 10.2. The fourth-order valence-electron chi connectivity index (χ4n) is 2.83. The molecule has 0 radical (unpaired) electrons. The third kappa shape index (κ3) is 4.30. The number of aromatic nitrogens is 2. The normalized spacial score (nSPS) is 15.4. The molecule has 0 N–H and O–H groups in total. The fourth-order valence-corrected chi connectivity index (χ4v) is 2.83. The van der Waals surface area contributed by atoms with Crippen LogP contribution in [-0.2, 0) is 16.0 Å². The molecule has 1 aliphatic heterocycles. The van der Waals surface area contributed by atoms with E-state index >= 15 is 0 Å². The van der Waals surface area contributed by atoms with Crippen LogP contribution in [0.5, 0.6) is 0 Å². The van der Waals surface area contributed by atoms with Crippen molar-refractivity contribution in [3.05, 3.63) is 36.0 Å². The van der Waals surface area contributed by atoms with E-state index in [4.69, 9.17) is 4.74 Å². The summed E-state index contributed by atoms with van der Waals surface area (Å²) < 4.78 is 20.2. The van der Waals surface area contributed by atoms with Crippen molar-refractivity contribution in [3.63, 3.8) is 0 Å². The smallest absolute Gasteiger partial charge is 0.410 e. The maximum Gasteiger partial charge on any atom is 0.410 e. The van der Waals surface area contributed by atoms with E-state index in [1.807, 2.05) is 20.8 Å². The maximum absolute atomic E-state index is 13.2. The standard InChI is InChI=1S/C18H23FN4O3/c1-18(2,3)26-17(25)22-8-6-21(7-9-22)16(24)10-14-12-23-11-13(19)4-5-15(23)20-14/h4-5,11-12H,6-10H2,1-3H3. The number of pyridine rings is 1. The molecule has 140 valence electrons. The SMILES string of the molecule is CC(C)(C)OC(=O)N1CCN(C(=O)Cc2cn3cc(F)ccc3n2)CC1. The second-order valence-electron chi connectivity index (χ2n) is 7.37. The Bertz CT molecular complexity index is 819. The van der Waals surface area contributed by atoms with Crippen LogP contribution in [0, 0.1) is 5.82 Å². The number of halogens is 1. The van der Waals surface area contributed by atoms with Crippen LogP contribution in [0.2, 0.25) is 0 Å². The first kappa shape index (κ1) is 18.2. The zero-order chi connectivity index (χ0) is 18.9. The zero-order valence-electron chi connectivity index (χ0n) is 15.2. The summed E-state index contributed by atoms with van der Waals surface area (Å²) in [4.78, 5) is 32.2. The van der Waals surface area contributed by atoms with Gasteiger partial charge in [-0.25, -0.2) is 14.2 Å². The predicted octanol–water partition coefficient (Wildman–Crippen LogP) is 2.10. The Hall–Kier alpha value is -2.64. The molecule has 0 unspecified atom stereocenters. The average Bonchev–Trinajstić information content (AvgIpc) is 2.94. The number of hydrogen-bond acceptors (Lipinski definition) is 4. The Morgan fingerprint density at radius 2 is 1.77 bits per heavy atom. The lowest BCUT2D eigenvalue weighted by Gasteiger charge is -2.35. The van der Waals surface area contributed by atoms with Gasteiger partial charge in [0.2, 0.25) is 5.91 Å². The molecular weight excluding hydrogens is 339 g/mol. The van der Waals surface area contributed by atoms with Gasteiger partial charge >= 0.3 is 6.09 Å². The summed E-state index contributed by atoms with van der Waals surface area (Å²) in [5, 5.41) is 0. The first-order valence-corrected chi connectivity index (χ1v) is 8.60. The second-order valence-corrected chi connectivity index (χ2v) is 7.37. The number of rotatable bonds is 2. The van der Waals surface area contributed by atoms with Crippen molar-refractivity contribution in [1.82, 2.24) is 19.2 Å². The number of nitrogens with zero attached hydrogens (tertiary/aromatic N) is 4. The van der Waals surface area contributed by atoms with Crippen LogP contribution < -0.4 is 0 Å². The number of fused-ring (bicyclic) bond motifs is 1. The first-order valence-electron chi connectivity index (χ1n) is 8.60. The topological polar surface area (TPSA) is 67.2 Å². The van der Waals surface area contributed by atoms with E-state index in [2.05, 4.69) is 4.98 Å². The van der Waals surface area contributed by atoms with Crippen LogP contribution in [0.25, 0.3) is 5.65 Å². The van der Waals surface area contributed by atoms with Crippen molar-refractivity contribution in [1.29, 1.82) is 0 Å². The number of carbonyl (C=O) groups excluding carboxylic acids is 2. The molecule has 0 atom stereocenters. The van der Waals surface area contributed by atoms with E-state index in [0.717, 1.165) is 0 Å². The molecular formula is C18H23FN4O3. The highest BCUT2D eigenvalue weighted by molar-refractivity contribution is 5.79. The molecule has 2 aromatic heterocycles. The highest BCUT2D eigenvalue weighted by Gasteiger charge is 2.27. The van der Waals surface area contributed by atoms with E-state index in [9.17, 15) is 14.0 Å². The minimum absolute atomic E-state index is 0.0577. The van der Waals surface area contributed by atoms with Crippen LogP contribution in [0.1, 0.15) is 26.5 Å². The van der Waals surface area contributed by atoms with Gasteiger partial charge in [-0.3, -0.25) is 4.79 Å². The van der Waals surface area contributed by atoms with Gasteiger partial charge in [-0.1, -0.05) is 0 Å². The van der Waals surface area contributed by atoms with Gasteiger partial charge in [0.1, 0.15) is 17.1 Å². The molecule has 0 spiro atoms. The molecule has 2 aromatic rings. The second kappa shape index (κ2) is 6.93. The van der Waals surface area contributed by atoms with E-state index in [1.165, 1.54) is 12.3 Å². The van der Waals surface area contributed by atoms with Crippen LogP contribution in [0.15, 0.2) is 24.5 Å².